The zero-order chi connectivity index (χ0) is 15.4. The van der Waals surface area contributed by atoms with Crippen LogP contribution in [-0.2, 0) is 11.3 Å². The fraction of sp³-hybridized carbons (Fsp3) is 0.647. The van der Waals surface area contributed by atoms with E-state index in [4.69, 9.17) is 4.74 Å². The predicted molar refractivity (Wildman–Crippen MR) is 101 cm³/mol. The molecule has 0 spiro atoms. The number of benzene rings is 1. The van der Waals surface area contributed by atoms with Crippen molar-refractivity contribution >= 4 is 35.9 Å². The summed E-state index contributed by atoms with van der Waals surface area (Å²) in [5, 5.41) is 0. The Balaban J connectivity index is 0.00000192. The highest BCUT2D eigenvalue weighted by molar-refractivity contribution is 8.17. The van der Waals surface area contributed by atoms with Gasteiger partial charge in [0.05, 0.1) is 16.8 Å². The van der Waals surface area contributed by atoms with Gasteiger partial charge in [-0.1, -0.05) is 18.2 Å². The Morgan fingerprint density at radius 2 is 1.87 bits per heavy atom. The molecule has 0 radical (unpaired) electrons. The van der Waals surface area contributed by atoms with Gasteiger partial charge in [-0.25, -0.2) is 4.39 Å². The quantitative estimate of drug-likeness (QED) is 0.769. The highest BCUT2D eigenvalue weighted by atomic mass is 35.5. The van der Waals surface area contributed by atoms with E-state index >= 15 is 0 Å². The molecule has 130 valence electrons. The lowest BCUT2D eigenvalue weighted by atomic mass is 9.93. The van der Waals surface area contributed by atoms with Crippen molar-refractivity contribution in [1.82, 2.24) is 4.90 Å². The Hall–Kier alpha value is 0.0600. The van der Waals surface area contributed by atoms with Crippen LogP contribution in [0, 0.1) is 5.82 Å². The summed E-state index contributed by atoms with van der Waals surface area (Å²) in [5.74, 6) is 2.28. The van der Waals surface area contributed by atoms with E-state index in [-0.39, 0.29) is 23.8 Å². The van der Waals surface area contributed by atoms with Gasteiger partial charge in [0.2, 0.25) is 0 Å². The first-order valence-corrected chi connectivity index (χ1v) is 10.1. The zero-order valence-electron chi connectivity index (χ0n) is 13.5. The van der Waals surface area contributed by atoms with Crippen LogP contribution in [0.3, 0.4) is 0 Å². The van der Waals surface area contributed by atoms with E-state index in [0.717, 1.165) is 25.9 Å². The number of hydrogen-bond acceptors (Lipinski definition) is 4. The molecule has 0 bridgehead atoms. The lowest BCUT2D eigenvalue weighted by molar-refractivity contribution is -0.0798. The summed E-state index contributed by atoms with van der Waals surface area (Å²) in [7, 11) is 2.17. The van der Waals surface area contributed by atoms with E-state index in [9.17, 15) is 4.39 Å². The number of nitrogens with zero attached hydrogens (tertiary/aromatic N) is 1. The molecule has 0 aliphatic carbocycles. The third kappa shape index (κ3) is 4.79. The molecule has 3 rings (SSSR count). The van der Waals surface area contributed by atoms with Gasteiger partial charge in [-0.3, -0.25) is 0 Å². The largest absolute Gasteiger partial charge is 0.368 e. The van der Waals surface area contributed by atoms with Crippen LogP contribution in [0.15, 0.2) is 24.3 Å². The number of halogens is 2. The standard InChI is InChI=1S/C17H24FNOS2.ClH/c1-19-9-7-17(8-10-19,16-21-11-4-12-22-16)20-13-14-5-2-3-6-15(14)18;/h2-3,5-6,16H,4,7-13H2,1H3;1H. The van der Waals surface area contributed by atoms with Crippen molar-refractivity contribution in [2.75, 3.05) is 31.6 Å². The molecule has 0 aromatic heterocycles. The van der Waals surface area contributed by atoms with Crippen LogP contribution in [-0.4, -0.2) is 46.7 Å². The average Bonchev–Trinajstić information content (AvgIpc) is 2.57. The first-order chi connectivity index (χ1) is 10.7. The van der Waals surface area contributed by atoms with Gasteiger partial charge >= 0.3 is 0 Å². The Morgan fingerprint density at radius 1 is 1.22 bits per heavy atom. The molecule has 6 heteroatoms. The van der Waals surface area contributed by atoms with E-state index in [1.807, 2.05) is 35.7 Å². The van der Waals surface area contributed by atoms with Gasteiger partial charge in [-0.05, 0) is 43.9 Å². The van der Waals surface area contributed by atoms with Crippen LogP contribution in [0.1, 0.15) is 24.8 Å². The van der Waals surface area contributed by atoms with Gasteiger partial charge in [-0.2, -0.15) is 0 Å². The summed E-state index contributed by atoms with van der Waals surface area (Å²) < 4.78 is 20.8. The van der Waals surface area contributed by atoms with Gasteiger partial charge in [-0.15, -0.1) is 35.9 Å². The monoisotopic (exact) mass is 377 g/mol. The topological polar surface area (TPSA) is 12.5 Å². The second kappa shape index (κ2) is 8.95. The molecule has 1 aromatic rings. The van der Waals surface area contributed by atoms with Crippen molar-refractivity contribution in [3.8, 4) is 0 Å². The molecule has 2 fully saturated rings. The van der Waals surface area contributed by atoms with Gasteiger partial charge < -0.3 is 9.64 Å². The molecule has 2 heterocycles. The molecule has 2 saturated heterocycles. The summed E-state index contributed by atoms with van der Waals surface area (Å²) in [4.78, 5) is 2.36. The Kier molecular flexibility index (Phi) is 7.55. The molecule has 2 aliphatic rings. The number of piperidine rings is 1. The van der Waals surface area contributed by atoms with Crippen LogP contribution in [0.4, 0.5) is 4.39 Å². The highest BCUT2D eigenvalue weighted by Crippen LogP contribution is 2.45. The minimum absolute atomic E-state index is 0. The highest BCUT2D eigenvalue weighted by Gasteiger charge is 2.43. The lowest BCUT2D eigenvalue weighted by Crippen LogP contribution is -2.50. The summed E-state index contributed by atoms with van der Waals surface area (Å²) in [6.45, 7) is 2.51. The van der Waals surface area contributed by atoms with Crippen LogP contribution in [0.25, 0.3) is 0 Å². The molecule has 0 unspecified atom stereocenters. The van der Waals surface area contributed by atoms with Gasteiger partial charge in [0.25, 0.3) is 0 Å². The molecule has 0 N–H and O–H groups in total. The van der Waals surface area contributed by atoms with Gasteiger partial charge in [0.1, 0.15) is 5.82 Å². The molecular formula is C17H25ClFNOS2. The number of ether oxygens (including phenoxy) is 1. The lowest BCUT2D eigenvalue weighted by Gasteiger charge is -2.46. The van der Waals surface area contributed by atoms with Crippen molar-refractivity contribution in [3.05, 3.63) is 35.6 Å². The molecule has 0 amide bonds. The van der Waals surface area contributed by atoms with E-state index in [2.05, 4.69) is 11.9 Å². The van der Waals surface area contributed by atoms with Gasteiger partial charge in [0.15, 0.2) is 0 Å². The SMILES string of the molecule is CN1CCC(OCc2ccccc2F)(C2SCCCS2)CC1.Cl. The second-order valence-corrected chi connectivity index (χ2v) is 8.90. The third-order valence-corrected chi connectivity index (χ3v) is 7.89. The van der Waals surface area contributed by atoms with Crippen LogP contribution in [0.2, 0.25) is 0 Å². The predicted octanol–water partition coefficient (Wildman–Crippen LogP) is 4.42. The maximum Gasteiger partial charge on any atom is 0.128 e. The zero-order valence-corrected chi connectivity index (χ0v) is 16.0. The molecule has 0 saturated carbocycles. The molecule has 23 heavy (non-hydrogen) atoms. The van der Waals surface area contributed by atoms with Crippen molar-refractivity contribution in [3.63, 3.8) is 0 Å². The first kappa shape index (κ1) is 19.4. The smallest absolute Gasteiger partial charge is 0.128 e. The summed E-state index contributed by atoms with van der Waals surface area (Å²) in [6.07, 6.45) is 3.38. The Bertz CT molecular complexity index is 491. The molecule has 1 aromatic carbocycles. The first-order valence-electron chi connectivity index (χ1n) is 7.99. The maximum absolute atomic E-state index is 13.9. The average molecular weight is 378 g/mol. The summed E-state index contributed by atoms with van der Waals surface area (Å²) in [5.41, 5.74) is 0.566. The fourth-order valence-electron chi connectivity index (χ4n) is 3.07. The normalized spacial score (nSPS) is 22.5. The minimum atomic E-state index is -0.158. The molecule has 2 nitrogen and oxygen atoms in total. The van der Waals surface area contributed by atoms with E-state index in [1.165, 1.54) is 24.0 Å². The van der Waals surface area contributed by atoms with Crippen LogP contribution in [0.5, 0.6) is 0 Å². The van der Waals surface area contributed by atoms with Crippen molar-refractivity contribution in [2.24, 2.45) is 0 Å². The Morgan fingerprint density at radius 3 is 2.52 bits per heavy atom. The Labute approximate surface area is 153 Å². The van der Waals surface area contributed by atoms with Crippen molar-refractivity contribution in [1.29, 1.82) is 0 Å². The van der Waals surface area contributed by atoms with Gasteiger partial charge in [0, 0.05) is 18.7 Å². The third-order valence-electron chi connectivity index (χ3n) is 4.56. The molecule has 2 aliphatic heterocycles. The number of rotatable bonds is 4. The summed E-state index contributed by atoms with van der Waals surface area (Å²) >= 11 is 4.07. The minimum Gasteiger partial charge on any atom is -0.368 e. The van der Waals surface area contributed by atoms with E-state index in [0.29, 0.717) is 16.8 Å². The van der Waals surface area contributed by atoms with Crippen LogP contribution >= 0.6 is 35.9 Å². The van der Waals surface area contributed by atoms with Crippen molar-refractivity contribution in [2.45, 2.75) is 36.1 Å². The fourth-order valence-corrected chi connectivity index (χ4v) is 6.48. The van der Waals surface area contributed by atoms with E-state index < -0.39 is 0 Å². The van der Waals surface area contributed by atoms with Crippen LogP contribution < -0.4 is 0 Å². The second-order valence-electron chi connectivity index (χ2n) is 6.18. The summed E-state index contributed by atoms with van der Waals surface area (Å²) in [6, 6.07) is 6.97. The van der Waals surface area contributed by atoms with E-state index in [1.54, 1.807) is 6.07 Å². The number of thioether (sulfide) groups is 2. The number of hydrogen-bond donors (Lipinski definition) is 0. The van der Waals surface area contributed by atoms with Crippen molar-refractivity contribution < 1.29 is 9.13 Å². The molecule has 0 atom stereocenters. The number of likely N-dealkylation sites (tertiary alicyclic amines) is 1. The molecular weight excluding hydrogens is 353 g/mol. The maximum atomic E-state index is 13.9.